The molecule has 2 heterocycles. The first-order chi connectivity index (χ1) is 13.1. The summed E-state index contributed by atoms with van der Waals surface area (Å²) in [6, 6.07) is 6.41. The lowest BCUT2D eigenvalue weighted by molar-refractivity contribution is -0.137. The van der Waals surface area contributed by atoms with Gasteiger partial charge in [0.1, 0.15) is 11.6 Å². The lowest BCUT2D eigenvalue weighted by Gasteiger charge is -2.35. The molecule has 2 aromatic rings. The van der Waals surface area contributed by atoms with Gasteiger partial charge >= 0.3 is 6.18 Å². The third-order valence-corrected chi connectivity index (χ3v) is 5.25. The molecule has 0 unspecified atom stereocenters. The lowest BCUT2D eigenvalue weighted by Crippen LogP contribution is -2.46. The normalized spacial score (nSPS) is 16.0. The first-order valence-electron chi connectivity index (χ1n) is 9.48. The lowest BCUT2D eigenvalue weighted by atomic mass is 9.95. The van der Waals surface area contributed by atoms with Crippen LogP contribution >= 0.6 is 0 Å². The zero-order valence-electron chi connectivity index (χ0n) is 16.4. The summed E-state index contributed by atoms with van der Waals surface area (Å²) in [5.74, 6) is 1.27. The molecule has 0 aliphatic carbocycles. The standard InChI is InChI=1S/C21H26F3N3O/c1-14(2)18-11-16(19(28)10-15(18)3)13-26-6-8-27(9-7-26)20-5-4-17(12-25-20)21(22,23)24/h4-5,10-12,14,28H,6-9,13H2,1-3H3. The summed E-state index contributed by atoms with van der Waals surface area (Å²) in [6.45, 7) is 9.82. The van der Waals surface area contributed by atoms with Crippen LogP contribution in [-0.4, -0.2) is 41.2 Å². The largest absolute Gasteiger partial charge is 0.508 e. The third kappa shape index (κ3) is 4.58. The minimum Gasteiger partial charge on any atom is -0.508 e. The molecule has 0 bridgehead atoms. The predicted molar refractivity (Wildman–Crippen MR) is 104 cm³/mol. The smallest absolute Gasteiger partial charge is 0.417 e. The van der Waals surface area contributed by atoms with Crippen LogP contribution in [0.2, 0.25) is 0 Å². The fourth-order valence-corrected chi connectivity index (χ4v) is 3.62. The van der Waals surface area contributed by atoms with E-state index in [9.17, 15) is 18.3 Å². The van der Waals surface area contributed by atoms with Gasteiger partial charge in [-0.2, -0.15) is 13.2 Å². The van der Waals surface area contributed by atoms with E-state index in [0.29, 0.717) is 37.1 Å². The molecular weight excluding hydrogens is 367 g/mol. The van der Waals surface area contributed by atoms with Crippen molar-refractivity contribution in [2.24, 2.45) is 0 Å². The van der Waals surface area contributed by atoms with Crippen LogP contribution in [0, 0.1) is 6.92 Å². The van der Waals surface area contributed by atoms with Gasteiger partial charge in [-0.1, -0.05) is 19.9 Å². The maximum Gasteiger partial charge on any atom is 0.417 e. The van der Waals surface area contributed by atoms with Crippen molar-refractivity contribution < 1.29 is 18.3 Å². The fraction of sp³-hybridized carbons (Fsp3) is 0.476. The Hall–Kier alpha value is -2.28. The van der Waals surface area contributed by atoms with E-state index >= 15 is 0 Å². The molecule has 3 rings (SSSR count). The second-order valence-corrected chi connectivity index (χ2v) is 7.66. The van der Waals surface area contributed by atoms with Crippen molar-refractivity contribution in [3.8, 4) is 5.75 Å². The van der Waals surface area contributed by atoms with Gasteiger partial charge in [-0.05, 0) is 42.2 Å². The number of piperazine rings is 1. The van der Waals surface area contributed by atoms with Crippen molar-refractivity contribution in [2.75, 3.05) is 31.1 Å². The van der Waals surface area contributed by atoms with Crippen molar-refractivity contribution in [1.82, 2.24) is 9.88 Å². The highest BCUT2D eigenvalue weighted by atomic mass is 19.4. The highest BCUT2D eigenvalue weighted by Crippen LogP contribution is 2.30. The molecule has 7 heteroatoms. The molecule has 0 amide bonds. The number of hydrogen-bond acceptors (Lipinski definition) is 4. The molecule has 1 aromatic heterocycles. The highest BCUT2D eigenvalue weighted by molar-refractivity contribution is 5.43. The first-order valence-corrected chi connectivity index (χ1v) is 9.48. The zero-order chi connectivity index (χ0) is 20.5. The van der Waals surface area contributed by atoms with Crippen LogP contribution in [0.5, 0.6) is 5.75 Å². The summed E-state index contributed by atoms with van der Waals surface area (Å²) in [6.07, 6.45) is -3.48. The Bertz CT molecular complexity index is 811. The SMILES string of the molecule is Cc1cc(O)c(CN2CCN(c3ccc(C(F)(F)F)cn3)CC2)cc1C(C)C. The molecule has 1 saturated heterocycles. The van der Waals surface area contributed by atoms with Gasteiger partial charge in [0.2, 0.25) is 0 Å². The fourth-order valence-electron chi connectivity index (χ4n) is 3.62. The van der Waals surface area contributed by atoms with E-state index < -0.39 is 11.7 Å². The van der Waals surface area contributed by atoms with Gasteiger partial charge in [-0.25, -0.2) is 4.98 Å². The van der Waals surface area contributed by atoms with Crippen LogP contribution in [0.1, 0.15) is 42.0 Å². The van der Waals surface area contributed by atoms with E-state index in [2.05, 4.69) is 29.8 Å². The van der Waals surface area contributed by atoms with Crippen LogP contribution in [0.3, 0.4) is 0 Å². The molecule has 0 saturated carbocycles. The summed E-state index contributed by atoms with van der Waals surface area (Å²) in [5.41, 5.74) is 2.51. The molecule has 1 aliphatic rings. The van der Waals surface area contributed by atoms with Gasteiger partial charge in [-0.15, -0.1) is 0 Å². The molecule has 0 spiro atoms. The number of hydrogen-bond donors (Lipinski definition) is 1. The van der Waals surface area contributed by atoms with Gasteiger partial charge in [-0.3, -0.25) is 4.90 Å². The van der Waals surface area contributed by atoms with Crippen LogP contribution in [0.25, 0.3) is 0 Å². The molecule has 152 valence electrons. The average molecular weight is 393 g/mol. The molecule has 28 heavy (non-hydrogen) atoms. The third-order valence-electron chi connectivity index (χ3n) is 5.25. The number of rotatable bonds is 4. The molecule has 1 aliphatic heterocycles. The Kier molecular flexibility index (Phi) is 5.84. The number of aryl methyl sites for hydroxylation is 1. The first kappa shape index (κ1) is 20.5. The Labute approximate surface area is 163 Å². The van der Waals surface area contributed by atoms with E-state index in [1.165, 1.54) is 11.6 Å². The second kappa shape index (κ2) is 7.99. The number of phenols is 1. The Morgan fingerprint density at radius 3 is 2.32 bits per heavy atom. The molecule has 1 N–H and O–H groups in total. The van der Waals surface area contributed by atoms with E-state index in [-0.39, 0.29) is 0 Å². The number of aromatic hydroxyl groups is 1. The predicted octanol–water partition coefficient (Wildman–Crippen LogP) is 4.56. The summed E-state index contributed by atoms with van der Waals surface area (Å²) in [7, 11) is 0. The Morgan fingerprint density at radius 2 is 1.79 bits per heavy atom. The number of anilines is 1. The van der Waals surface area contributed by atoms with E-state index in [0.717, 1.165) is 36.5 Å². The second-order valence-electron chi connectivity index (χ2n) is 7.66. The molecule has 1 fully saturated rings. The maximum atomic E-state index is 12.7. The number of halogens is 3. The van der Waals surface area contributed by atoms with Crippen LogP contribution in [0.15, 0.2) is 30.5 Å². The average Bonchev–Trinajstić information content (AvgIpc) is 2.63. The summed E-state index contributed by atoms with van der Waals surface area (Å²) in [5, 5.41) is 10.3. The number of phenolic OH excluding ortho intramolecular Hbond substituents is 1. The van der Waals surface area contributed by atoms with Gasteiger partial charge in [0.05, 0.1) is 5.56 Å². The summed E-state index contributed by atoms with van der Waals surface area (Å²) < 4.78 is 38.0. The van der Waals surface area contributed by atoms with Crippen molar-refractivity contribution in [1.29, 1.82) is 0 Å². The topological polar surface area (TPSA) is 39.6 Å². The number of alkyl halides is 3. The number of nitrogens with zero attached hydrogens (tertiary/aromatic N) is 3. The molecule has 0 radical (unpaired) electrons. The Morgan fingerprint density at radius 1 is 1.11 bits per heavy atom. The van der Waals surface area contributed by atoms with Crippen LogP contribution < -0.4 is 4.90 Å². The highest BCUT2D eigenvalue weighted by Gasteiger charge is 2.31. The van der Waals surface area contributed by atoms with Crippen molar-refractivity contribution in [3.05, 3.63) is 52.7 Å². The number of aromatic nitrogens is 1. The van der Waals surface area contributed by atoms with E-state index in [4.69, 9.17) is 0 Å². The van der Waals surface area contributed by atoms with Gasteiger partial charge in [0, 0.05) is 44.5 Å². The minimum atomic E-state index is -4.37. The van der Waals surface area contributed by atoms with E-state index in [1.807, 2.05) is 17.9 Å². The van der Waals surface area contributed by atoms with Gasteiger partial charge in [0.25, 0.3) is 0 Å². The molecule has 4 nitrogen and oxygen atoms in total. The van der Waals surface area contributed by atoms with Crippen molar-refractivity contribution >= 4 is 5.82 Å². The zero-order valence-corrected chi connectivity index (χ0v) is 16.4. The maximum absolute atomic E-state index is 12.7. The molecular formula is C21H26F3N3O. The summed E-state index contributed by atoms with van der Waals surface area (Å²) in [4.78, 5) is 8.22. The van der Waals surface area contributed by atoms with Crippen LogP contribution in [-0.2, 0) is 12.7 Å². The van der Waals surface area contributed by atoms with Gasteiger partial charge < -0.3 is 10.0 Å². The number of benzene rings is 1. The molecule has 1 aromatic carbocycles. The summed E-state index contributed by atoms with van der Waals surface area (Å²) >= 11 is 0. The van der Waals surface area contributed by atoms with Crippen LogP contribution in [0.4, 0.5) is 19.0 Å². The number of pyridine rings is 1. The van der Waals surface area contributed by atoms with Crippen molar-refractivity contribution in [2.45, 2.75) is 39.4 Å². The quantitative estimate of drug-likeness (QED) is 0.827. The van der Waals surface area contributed by atoms with E-state index in [1.54, 1.807) is 0 Å². The molecule has 0 atom stereocenters. The monoisotopic (exact) mass is 393 g/mol. The Balaban J connectivity index is 1.62. The van der Waals surface area contributed by atoms with Gasteiger partial charge in [0.15, 0.2) is 0 Å². The minimum absolute atomic E-state index is 0.314. The van der Waals surface area contributed by atoms with Crippen molar-refractivity contribution in [3.63, 3.8) is 0 Å².